The number of methoxy groups -OCH3 is 2. The molecule has 0 spiro atoms. The van der Waals surface area contributed by atoms with Crippen molar-refractivity contribution in [2.75, 3.05) is 20.8 Å². The predicted molar refractivity (Wildman–Crippen MR) is 152 cm³/mol. The minimum atomic E-state index is -0.950. The number of aliphatic hydroxyl groups is 1. The fourth-order valence-electron chi connectivity index (χ4n) is 5.11. The second-order valence-corrected chi connectivity index (χ2v) is 9.96. The molecule has 4 rings (SSSR count). The van der Waals surface area contributed by atoms with Crippen LogP contribution >= 0.6 is 0 Å². The molecule has 0 aromatic heterocycles. The number of ether oxygens (including phenoxy) is 3. The lowest BCUT2D eigenvalue weighted by Gasteiger charge is -2.27. The van der Waals surface area contributed by atoms with Crippen LogP contribution < -0.4 is 14.2 Å². The Morgan fingerprint density at radius 3 is 2.33 bits per heavy atom. The van der Waals surface area contributed by atoms with Gasteiger partial charge in [-0.3, -0.25) is 9.59 Å². The number of aryl methyl sites for hydroxylation is 1. The fourth-order valence-corrected chi connectivity index (χ4v) is 5.11. The van der Waals surface area contributed by atoms with Gasteiger partial charge in [0.05, 0.1) is 39.0 Å². The first-order chi connectivity index (χ1) is 19.1. The number of ketones is 1. The monoisotopic (exact) mass is 545 g/mol. The molecule has 2 N–H and O–H groups in total. The quantitative estimate of drug-likeness (QED) is 0.197. The molecule has 1 aliphatic rings. The lowest BCUT2D eigenvalue weighted by molar-refractivity contribution is -0.140. The van der Waals surface area contributed by atoms with Gasteiger partial charge in [0.1, 0.15) is 17.3 Å². The maximum absolute atomic E-state index is 13.6. The second kappa shape index (κ2) is 11.7. The molecule has 0 aliphatic carbocycles. The number of carbonyl (C=O) groups excluding carboxylic acids is 2. The van der Waals surface area contributed by atoms with E-state index in [4.69, 9.17) is 14.2 Å². The third kappa shape index (κ3) is 5.21. The van der Waals surface area contributed by atoms with Crippen molar-refractivity contribution >= 4 is 17.4 Å². The molecule has 0 bridgehead atoms. The summed E-state index contributed by atoms with van der Waals surface area (Å²) in [5.41, 5.74) is 3.15. The fraction of sp³-hybridized carbons (Fsp3) is 0.312. The Kier molecular flexibility index (Phi) is 8.38. The average molecular weight is 546 g/mol. The number of rotatable bonds is 9. The van der Waals surface area contributed by atoms with Crippen molar-refractivity contribution in [2.24, 2.45) is 0 Å². The maximum atomic E-state index is 13.6. The Morgan fingerprint density at radius 2 is 1.68 bits per heavy atom. The van der Waals surface area contributed by atoms with Gasteiger partial charge in [0.2, 0.25) is 0 Å². The molecule has 1 amide bonds. The van der Waals surface area contributed by atoms with Crippen LogP contribution in [-0.4, -0.2) is 47.6 Å². The topological polar surface area (TPSA) is 106 Å². The Balaban J connectivity index is 1.96. The molecule has 0 radical (unpaired) electrons. The Morgan fingerprint density at radius 1 is 0.975 bits per heavy atom. The number of hydrogen-bond donors (Lipinski definition) is 2. The van der Waals surface area contributed by atoms with Gasteiger partial charge in [-0.15, -0.1) is 0 Å². The molecule has 40 heavy (non-hydrogen) atoms. The minimum Gasteiger partial charge on any atom is -0.507 e. The van der Waals surface area contributed by atoms with Crippen molar-refractivity contribution in [3.8, 4) is 23.0 Å². The van der Waals surface area contributed by atoms with Crippen molar-refractivity contribution in [3.05, 3.63) is 88.0 Å². The van der Waals surface area contributed by atoms with Crippen molar-refractivity contribution in [2.45, 2.75) is 46.2 Å². The van der Waals surface area contributed by atoms with Crippen LogP contribution in [0.3, 0.4) is 0 Å². The molecular weight excluding hydrogens is 510 g/mol. The summed E-state index contributed by atoms with van der Waals surface area (Å²) in [5, 5.41) is 22.1. The summed E-state index contributed by atoms with van der Waals surface area (Å²) in [5.74, 6) is -0.363. The molecule has 1 unspecified atom stereocenters. The number of carbonyl (C=O) groups is 2. The zero-order chi connectivity index (χ0) is 29.1. The van der Waals surface area contributed by atoms with Crippen LogP contribution in [0.5, 0.6) is 23.0 Å². The second-order valence-electron chi connectivity index (χ2n) is 9.96. The predicted octanol–water partition coefficient (Wildman–Crippen LogP) is 5.86. The SMILES string of the molecule is CCOc1cc(C2/C(=C(\O)c3cc(C(C)C)c(OC)cc3C)C(=O)C(=O)N2Cc2ccccc2OC)ccc1O. The lowest BCUT2D eigenvalue weighted by atomic mass is 9.91. The van der Waals surface area contributed by atoms with Crippen LogP contribution in [0.2, 0.25) is 0 Å². The number of aliphatic hydroxyl groups excluding tert-OH is 1. The third-order valence-electron chi connectivity index (χ3n) is 7.13. The van der Waals surface area contributed by atoms with Gasteiger partial charge in [-0.1, -0.05) is 38.1 Å². The highest BCUT2D eigenvalue weighted by molar-refractivity contribution is 6.46. The van der Waals surface area contributed by atoms with Crippen LogP contribution in [0.1, 0.15) is 60.5 Å². The van der Waals surface area contributed by atoms with Gasteiger partial charge in [-0.25, -0.2) is 0 Å². The molecule has 1 saturated heterocycles. The van der Waals surface area contributed by atoms with Crippen molar-refractivity contribution in [1.29, 1.82) is 0 Å². The van der Waals surface area contributed by atoms with Crippen LogP contribution in [0, 0.1) is 6.92 Å². The number of phenols is 1. The normalized spacial score (nSPS) is 16.5. The molecule has 0 saturated carbocycles. The Bertz CT molecular complexity index is 1470. The van der Waals surface area contributed by atoms with Crippen molar-refractivity contribution < 1.29 is 34.0 Å². The summed E-state index contributed by atoms with van der Waals surface area (Å²) in [6.45, 7) is 7.99. The smallest absolute Gasteiger partial charge is 0.295 e. The van der Waals surface area contributed by atoms with Crippen molar-refractivity contribution in [1.82, 2.24) is 4.90 Å². The molecule has 210 valence electrons. The van der Waals surface area contributed by atoms with Gasteiger partial charge in [-0.05, 0) is 66.8 Å². The summed E-state index contributed by atoms with van der Waals surface area (Å²) in [6.07, 6.45) is 0. The summed E-state index contributed by atoms with van der Waals surface area (Å²) in [7, 11) is 3.13. The van der Waals surface area contributed by atoms with Crippen molar-refractivity contribution in [3.63, 3.8) is 0 Å². The van der Waals surface area contributed by atoms with E-state index in [0.717, 1.165) is 5.56 Å². The van der Waals surface area contributed by atoms with Gasteiger partial charge in [-0.2, -0.15) is 0 Å². The summed E-state index contributed by atoms with van der Waals surface area (Å²) < 4.78 is 16.6. The van der Waals surface area contributed by atoms with Gasteiger partial charge in [0.15, 0.2) is 11.5 Å². The van der Waals surface area contributed by atoms with Crippen LogP contribution in [0.15, 0.2) is 60.2 Å². The van der Waals surface area contributed by atoms with Crippen LogP contribution in [0.25, 0.3) is 5.76 Å². The molecule has 1 aliphatic heterocycles. The molecule has 1 fully saturated rings. The summed E-state index contributed by atoms with van der Waals surface area (Å²) >= 11 is 0. The van der Waals surface area contributed by atoms with E-state index in [1.165, 1.54) is 18.1 Å². The van der Waals surface area contributed by atoms with Gasteiger partial charge in [0, 0.05) is 11.1 Å². The zero-order valence-corrected chi connectivity index (χ0v) is 23.6. The number of benzene rings is 3. The molecule has 1 atom stereocenters. The number of Topliss-reactive ketones (excluding diaryl/α,β-unsaturated/α-hetero) is 1. The Hall–Kier alpha value is -4.46. The van der Waals surface area contributed by atoms with E-state index in [1.54, 1.807) is 38.3 Å². The molecular formula is C32H35NO7. The van der Waals surface area contributed by atoms with E-state index in [0.29, 0.717) is 40.4 Å². The average Bonchev–Trinajstić information content (AvgIpc) is 3.18. The van der Waals surface area contributed by atoms with Gasteiger partial charge in [0.25, 0.3) is 11.7 Å². The number of amides is 1. The first-order valence-corrected chi connectivity index (χ1v) is 13.2. The minimum absolute atomic E-state index is 0.0454. The standard InChI is InChI=1S/C32H35NO7/c1-7-40-27-15-20(12-13-24(27)34)29-28(30(35)23-16-22(18(2)3)26(39-6)14-19(23)4)31(36)32(37)33(29)17-21-10-8-9-11-25(21)38-5/h8-16,18,29,34-35H,7,17H2,1-6H3/b30-28+. The van der Waals surface area contributed by atoms with E-state index in [2.05, 4.69) is 0 Å². The number of phenolic OH excluding ortho intramolecular Hbond substituents is 1. The summed E-state index contributed by atoms with van der Waals surface area (Å²) in [4.78, 5) is 28.6. The number of para-hydroxylation sites is 1. The maximum Gasteiger partial charge on any atom is 0.295 e. The first kappa shape index (κ1) is 28.5. The highest BCUT2D eigenvalue weighted by Gasteiger charge is 2.46. The van der Waals surface area contributed by atoms with Gasteiger partial charge >= 0.3 is 0 Å². The highest BCUT2D eigenvalue weighted by Crippen LogP contribution is 2.44. The lowest BCUT2D eigenvalue weighted by Crippen LogP contribution is -2.29. The highest BCUT2D eigenvalue weighted by atomic mass is 16.5. The molecule has 1 heterocycles. The molecule has 8 heteroatoms. The van der Waals surface area contributed by atoms with Crippen LogP contribution in [0.4, 0.5) is 0 Å². The summed E-state index contributed by atoms with van der Waals surface area (Å²) in [6, 6.07) is 14.6. The number of nitrogens with zero attached hydrogens (tertiary/aromatic N) is 1. The van der Waals surface area contributed by atoms with Gasteiger partial charge < -0.3 is 29.3 Å². The number of hydrogen-bond acceptors (Lipinski definition) is 7. The molecule has 3 aromatic carbocycles. The first-order valence-electron chi connectivity index (χ1n) is 13.2. The molecule has 3 aromatic rings. The van der Waals surface area contributed by atoms with E-state index in [-0.39, 0.29) is 35.3 Å². The van der Waals surface area contributed by atoms with E-state index < -0.39 is 17.7 Å². The van der Waals surface area contributed by atoms with Crippen LogP contribution in [-0.2, 0) is 16.1 Å². The van der Waals surface area contributed by atoms with E-state index >= 15 is 0 Å². The third-order valence-corrected chi connectivity index (χ3v) is 7.13. The number of likely N-dealkylation sites (tertiary alicyclic amines) is 1. The largest absolute Gasteiger partial charge is 0.507 e. The zero-order valence-electron chi connectivity index (χ0n) is 23.6. The number of aromatic hydroxyl groups is 1. The van der Waals surface area contributed by atoms with E-state index in [9.17, 15) is 19.8 Å². The Labute approximate surface area is 234 Å². The molecule has 8 nitrogen and oxygen atoms in total. The van der Waals surface area contributed by atoms with E-state index in [1.807, 2.05) is 45.0 Å².